The number of carbonyl (C=O) groups excluding carboxylic acids is 1. The third kappa shape index (κ3) is 4.19. The van der Waals surface area contributed by atoms with E-state index in [1.54, 1.807) is 24.3 Å². The maximum Gasteiger partial charge on any atom is 0.319 e. The van der Waals surface area contributed by atoms with E-state index in [-0.39, 0.29) is 11.8 Å². The minimum absolute atomic E-state index is 0.107. The zero-order valence-corrected chi connectivity index (χ0v) is 10.8. The Morgan fingerprint density at radius 1 is 1.16 bits per heavy atom. The summed E-state index contributed by atoms with van der Waals surface area (Å²) < 4.78 is 0. The van der Waals surface area contributed by atoms with Crippen LogP contribution in [0, 0.1) is 0 Å². The Balaban J connectivity index is 1.86. The van der Waals surface area contributed by atoms with Crippen LogP contribution in [0.1, 0.15) is 5.56 Å². The lowest BCUT2D eigenvalue weighted by molar-refractivity contribution is 0.251. The fourth-order valence-electron chi connectivity index (χ4n) is 1.54. The van der Waals surface area contributed by atoms with Crippen LogP contribution < -0.4 is 10.6 Å². The summed E-state index contributed by atoms with van der Waals surface area (Å²) in [6.45, 7) is 0.405. The van der Waals surface area contributed by atoms with E-state index in [0.717, 1.165) is 5.56 Å². The second-order valence-electron chi connectivity index (χ2n) is 3.98. The zero-order chi connectivity index (χ0) is 13.7. The van der Waals surface area contributed by atoms with Gasteiger partial charge in [0, 0.05) is 23.3 Å². The molecule has 0 saturated heterocycles. The summed E-state index contributed by atoms with van der Waals surface area (Å²) in [5.74, 6) is 0.107. The van der Waals surface area contributed by atoms with Gasteiger partial charge in [-0.3, -0.25) is 0 Å². The quantitative estimate of drug-likeness (QED) is 0.805. The Morgan fingerprint density at radius 2 is 1.89 bits per heavy atom. The summed E-state index contributed by atoms with van der Waals surface area (Å²) in [4.78, 5) is 11.6. The van der Waals surface area contributed by atoms with E-state index in [1.165, 1.54) is 12.1 Å². The summed E-state index contributed by atoms with van der Waals surface area (Å²) in [7, 11) is 0. The predicted octanol–water partition coefficient (Wildman–Crippen LogP) is 3.37. The van der Waals surface area contributed by atoms with Gasteiger partial charge in [0.05, 0.1) is 0 Å². The van der Waals surface area contributed by atoms with Gasteiger partial charge in [-0.2, -0.15) is 0 Å². The van der Waals surface area contributed by atoms with Crippen LogP contribution in [0.5, 0.6) is 5.75 Å². The maximum atomic E-state index is 11.6. The Kier molecular flexibility index (Phi) is 4.26. The molecule has 3 N–H and O–H groups in total. The van der Waals surface area contributed by atoms with E-state index >= 15 is 0 Å². The van der Waals surface area contributed by atoms with Gasteiger partial charge in [-0.05, 0) is 29.8 Å². The van der Waals surface area contributed by atoms with Crippen molar-refractivity contribution in [1.82, 2.24) is 5.32 Å². The van der Waals surface area contributed by atoms with E-state index < -0.39 is 0 Å². The molecular weight excluding hydrogens is 264 g/mol. The van der Waals surface area contributed by atoms with Gasteiger partial charge in [0.25, 0.3) is 0 Å². The molecule has 0 atom stereocenters. The molecule has 5 heteroatoms. The maximum absolute atomic E-state index is 11.6. The van der Waals surface area contributed by atoms with Crippen molar-refractivity contribution >= 4 is 23.3 Å². The molecular formula is C14H13ClN2O2. The highest BCUT2D eigenvalue weighted by Gasteiger charge is 2.02. The summed E-state index contributed by atoms with van der Waals surface area (Å²) in [6, 6.07) is 13.3. The van der Waals surface area contributed by atoms with Crippen LogP contribution in [-0.4, -0.2) is 11.1 Å². The molecule has 0 aromatic heterocycles. The Labute approximate surface area is 116 Å². The van der Waals surface area contributed by atoms with Gasteiger partial charge in [-0.15, -0.1) is 0 Å². The standard InChI is InChI=1S/C14H13ClN2O2/c15-11-6-4-10(5-7-11)9-16-14(19)17-12-2-1-3-13(18)8-12/h1-8,18H,9H2,(H2,16,17,19). The first-order valence-corrected chi connectivity index (χ1v) is 6.09. The highest BCUT2D eigenvalue weighted by molar-refractivity contribution is 6.30. The lowest BCUT2D eigenvalue weighted by Gasteiger charge is -2.08. The molecule has 0 spiro atoms. The van der Waals surface area contributed by atoms with Crippen LogP contribution in [0.2, 0.25) is 5.02 Å². The molecule has 0 heterocycles. The van der Waals surface area contributed by atoms with Crippen molar-refractivity contribution in [3.05, 3.63) is 59.1 Å². The molecule has 0 aliphatic carbocycles. The molecule has 98 valence electrons. The average molecular weight is 277 g/mol. The Hall–Kier alpha value is -2.20. The fourth-order valence-corrected chi connectivity index (χ4v) is 1.67. The first-order valence-electron chi connectivity index (χ1n) is 5.72. The number of carbonyl (C=O) groups is 1. The largest absolute Gasteiger partial charge is 0.508 e. The highest BCUT2D eigenvalue weighted by Crippen LogP contribution is 2.15. The number of nitrogens with one attached hydrogen (secondary N) is 2. The number of aromatic hydroxyl groups is 1. The van der Waals surface area contributed by atoms with Gasteiger partial charge in [-0.1, -0.05) is 29.8 Å². The van der Waals surface area contributed by atoms with Crippen molar-refractivity contribution in [1.29, 1.82) is 0 Å². The Morgan fingerprint density at radius 3 is 2.58 bits per heavy atom. The smallest absolute Gasteiger partial charge is 0.319 e. The Bertz CT molecular complexity index is 570. The third-order valence-electron chi connectivity index (χ3n) is 2.47. The first kappa shape index (κ1) is 13.2. The summed E-state index contributed by atoms with van der Waals surface area (Å²) in [6.07, 6.45) is 0. The normalized spacial score (nSPS) is 9.95. The molecule has 2 amide bonds. The third-order valence-corrected chi connectivity index (χ3v) is 2.72. The number of phenols is 1. The molecule has 4 nitrogen and oxygen atoms in total. The number of phenolic OH excluding ortho intramolecular Hbond substituents is 1. The lowest BCUT2D eigenvalue weighted by atomic mass is 10.2. The number of amides is 2. The van der Waals surface area contributed by atoms with Crippen molar-refractivity contribution in [2.24, 2.45) is 0 Å². The van der Waals surface area contributed by atoms with Gasteiger partial charge in [0.15, 0.2) is 0 Å². The van der Waals surface area contributed by atoms with Crippen LogP contribution in [0.4, 0.5) is 10.5 Å². The molecule has 0 radical (unpaired) electrons. The van der Waals surface area contributed by atoms with Crippen molar-refractivity contribution in [3.8, 4) is 5.75 Å². The molecule has 0 bridgehead atoms. The first-order chi connectivity index (χ1) is 9.13. The second-order valence-corrected chi connectivity index (χ2v) is 4.42. The molecule has 0 aliphatic heterocycles. The van der Waals surface area contributed by atoms with Crippen LogP contribution >= 0.6 is 11.6 Å². The van der Waals surface area contributed by atoms with E-state index in [0.29, 0.717) is 17.3 Å². The number of hydrogen-bond donors (Lipinski definition) is 3. The minimum atomic E-state index is -0.333. The van der Waals surface area contributed by atoms with E-state index in [1.807, 2.05) is 12.1 Å². The van der Waals surface area contributed by atoms with Gasteiger partial charge >= 0.3 is 6.03 Å². The van der Waals surface area contributed by atoms with Crippen molar-refractivity contribution < 1.29 is 9.90 Å². The molecule has 0 fully saturated rings. The number of rotatable bonds is 3. The van der Waals surface area contributed by atoms with Crippen molar-refractivity contribution in [2.45, 2.75) is 6.54 Å². The molecule has 0 aliphatic rings. The van der Waals surface area contributed by atoms with Crippen LogP contribution in [0.15, 0.2) is 48.5 Å². The average Bonchev–Trinajstić information content (AvgIpc) is 2.38. The predicted molar refractivity (Wildman–Crippen MR) is 75.4 cm³/mol. The molecule has 19 heavy (non-hydrogen) atoms. The number of halogens is 1. The molecule has 0 saturated carbocycles. The summed E-state index contributed by atoms with van der Waals surface area (Å²) in [5.41, 5.74) is 1.49. The van der Waals surface area contributed by atoms with E-state index in [4.69, 9.17) is 11.6 Å². The second kappa shape index (κ2) is 6.11. The zero-order valence-electron chi connectivity index (χ0n) is 10.1. The van der Waals surface area contributed by atoms with E-state index in [9.17, 15) is 9.90 Å². The van der Waals surface area contributed by atoms with Gasteiger partial charge in [-0.25, -0.2) is 4.79 Å². The molecule has 0 unspecified atom stereocenters. The lowest BCUT2D eigenvalue weighted by Crippen LogP contribution is -2.28. The number of urea groups is 1. The van der Waals surface area contributed by atoms with Crippen molar-refractivity contribution in [2.75, 3.05) is 5.32 Å². The number of anilines is 1. The summed E-state index contributed by atoms with van der Waals surface area (Å²) >= 11 is 5.77. The number of hydrogen-bond acceptors (Lipinski definition) is 2. The summed E-state index contributed by atoms with van der Waals surface area (Å²) in [5, 5.41) is 15.3. The molecule has 2 aromatic carbocycles. The molecule has 2 aromatic rings. The molecule has 2 rings (SSSR count). The van der Waals surface area contributed by atoms with Gasteiger partial charge in [0.1, 0.15) is 5.75 Å². The topological polar surface area (TPSA) is 61.4 Å². The monoisotopic (exact) mass is 276 g/mol. The SMILES string of the molecule is O=C(NCc1ccc(Cl)cc1)Nc1cccc(O)c1. The van der Waals surface area contributed by atoms with Gasteiger partial charge in [0.2, 0.25) is 0 Å². The van der Waals surface area contributed by atoms with E-state index in [2.05, 4.69) is 10.6 Å². The van der Waals surface area contributed by atoms with Crippen LogP contribution in [-0.2, 0) is 6.54 Å². The number of benzene rings is 2. The van der Waals surface area contributed by atoms with Crippen molar-refractivity contribution in [3.63, 3.8) is 0 Å². The fraction of sp³-hybridized carbons (Fsp3) is 0.0714. The van der Waals surface area contributed by atoms with Crippen LogP contribution in [0.25, 0.3) is 0 Å². The van der Waals surface area contributed by atoms with Crippen LogP contribution in [0.3, 0.4) is 0 Å². The minimum Gasteiger partial charge on any atom is -0.508 e. The highest BCUT2D eigenvalue weighted by atomic mass is 35.5. The van der Waals surface area contributed by atoms with Gasteiger partial charge < -0.3 is 15.7 Å².